The van der Waals surface area contributed by atoms with Crippen molar-refractivity contribution < 1.29 is 9.53 Å². The van der Waals surface area contributed by atoms with E-state index in [1.54, 1.807) is 7.11 Å². The normalized spacial score (nSPS) is 15.7. The van der Waals surface area contributed by atoms with Crippen molar-refractivity contribution in [2.24, 2.45) is 0 Å². The number of carbonyl (C=O) groups is 1. The maximum absolute atomic E-state index is 12.2. The molecule has 1 aliphatic rings. The van der Waals surface area contributed by atoms with Gasteiger partial charge in [0.25, 0.3) is 5.91 Å². The van der Waals surface area contributed by atoms with Crippen molar-refractivity contribution in [3.8, 4) is 0 Å². The number of carbonyl (C=O) groups excluding carboxylic acids is 1. The van der Waals surface area contributed by atoms with Gasteiger partial charge >= 0.3 is 0 Å². The van der Waals surface area contributed by atoms with Crippen LogP contribution in [0.15, 0.2) is 0 Å². The number of thiazole rings is 1. The van der Waals surface area contributed by atoms with E-state index in [-0.39, 0.29) is 5.91 Å². The quantitative estimate of drug-likeness (QED) is 0.860. The minimum Gasteiger partial charge on any atom is -0.382 e. The Balaban J connectivity index is 2.02. The molecular weight excluding hydrogens is 276 g/mol. The summed E-state index contributed by atoms with van der Waals surface area (Å²) in [6, 6.07) is 0. The van der Waals surface area contributed by atoms with Gasteiger partial charge in [-0.3, -0.25) is 4.79 Å². The van der Waals surface area contributed by atoms with Gasteiger partial charge in [-0.25, -0.2) is 4.98 Å². The predicted octanol–water partition coefficient (Wildman–Crippen LogP) is 1.48. The van der Waals surface area contributed by atoms with Crippen LogP contribution in [0.3, 0.4) is 0 Å². The summed E-state index contributed by atoms with van der Waals surface area (Å²) >= 11 is 1.36. The zero-order valence-electron chi connectivity index (χ0n) is 12.2. The highest BCUT2D eigenvalue weighted by molar-refractivity contribution is 7.18. The Labute approximate surface area is 123 Å². The van der Waals surface area contributed by atoms with Gasteiger partial charge < -0.3 is 20.7 Å². The van der Waals surface area contributed by atoms with Crippen molar-refractivity contribution in [2.45, 2.75) is 32.3 Å². The number of amides is 1. The number of anilines is 2. The first-order valence-electron chi connectivity index (χ1n) is 6.77. The Morgan fingerprint density at radius 1 is 1.50 bits per heavy atom. The van der Waals surface area contributed by atoms with E-state index >= 15 is 0 Å². The first-order valence-corrected chi connectivity index (χ1v) is 7.59. The lowest BCUT2D eigenvalue weighted by Crippen LogP contribution is -2.39. The second-order valence-corrected chi connectivity index (χ2v) is 6.53. The van der Waals surface area contributed by atoms with Crippen LogP contribution in [0.2, 0.25) is 0 Å². The minimum absolute atomic E-state index is 0.185. The number of rotatable bonds is 5. The summed E-state index contributed by atoms with van der Waals surface area (Å²) < 4.78 is 5.27. The van der Waals surface area contributed by atoms with E-state index in [9.17, 15) is 4.79 Å². The van der Waals surface area contributed by atoms with E-state index in [4.69, 9.17) is 10.5 Å². The number of nitrogen functional groups attached to an aromatic ring is 1. The first kappa shape index (κ1) is 15.1. The van der Waals surface area contributed by atoms with Gasteiger partial charge in [-0.05, 0) is 26.7 Å². The molecule has 20 heavy (non-hydrogen) atoms. The van der Waals surface area contributed by atoms with Gasteiger partial charge in [0.15, 0.2) is 5.13 Å². The van der Waals surface area contributed by atoms with E-state index in [1.165, 1.54) is 24.2 Å². The molecular formula is C13H22N4O2S. The molecule has 7 heteroatoms. The highest BCUT2D eigenvalue weighted by Gasteiger charge is 2.23. The number of ether oxygens (including phenoxy) is 1. The van der Waals surface area contributed by atoms with Crippen LogP contribution in [-0.2, 0) is 4.74 Å². The van der Waals surface area contributed by atoms with E-state index in [1.807, 2.05) is 13.8 Å². The fraction of sp³-hybridized carbons (Fsp3) is 0.692. The Morgan fingerprint density at radius 2 is 2.15 bits per heavy atom. The van der Waals surface area contributed by atoms with Crippen LogP contribution >= 0.6 is 11.3 Å². The highest BCUT2D eigenvalue weighted by atomic mass is 32.1. The van der Waals surface area contributed by atoms with Crippen molar-refractivity contribution in [2.75, 3.05) is 37.4 Å². The van der Waals surface area contributed by atoms with Crippen molar-refractivity contribution in [1.29, 1.82) is 0 Å². The first-order chi connectivity index (χ1) is 9.43. The largest absolute Gasteiger partial charge is 0.382 e. The molecule has 2 heterocycles. The zero-order valence-corrected chi connectivity index (χ0v) is 13.0. The topological polar surface area (TPSA) is 80.5 Å². The SMILES string of the molecule is COC(C)(C)CNC(=O)c1sc(N2CCCC2)nc1N. The number of nitrogens with zero attached hydrogens (tertiary/aromatic N) is 2. The van der Waals surface area contributed by atoms with Gasteiger partial charge in [0.05, 0.1) is 5.60 Å². The fourth-order valence-electron chi connectivity index (χ4n) is 1.97. The Hall–Kier alpha value is -1.34. The minimum atomic E-state index is -0.396. The van der Waals surface area contributed by atoms with Crippen molar-refractivity contribution in [3.05, 3.63) is 4.88 Å². The summed E-state index contributed by atoms with van der Waals surface area (Å²) in [6.07, 6.45) is 2.34. The van der Waals surface area contributed by atoms with E-state index in [0.717, 1.165) is 18.2 Å². The van der Waals surface area contributed by atoms with Crippen molar-refractivity contribution >= 4 is 28.2 Å². The Morgan fingerprint density at radius 3 is 2.75 bits per heavy atom. The molecule has 0 saturated carbocycles. The van der Waals surface area contributed by atoms with E-state index in [2.05, 4.69) is 15.2 Å². The standard InChI is InChI=1S/C13H22N4O2S/c1-13(2,19-3)8-15-11(18)9-10(14)16-12(20-9)17-6-4-5-7-17/h4-8,14H2,1-3H3,(H,15,18). The van der Waals surface area contributed by atoms with Gasteiger partial charge in [0.1, 0.15) is 10.7 Å². The highest BCUT2D eigenvalue weighted by Crippen LogP contribution is 2.30. The molecule has 0 aliphatic carbocycles. The van der Waals surface area contributed by atoms with Crippen LogP contribution in [0, 0.1) is 0 Å². The third-order valence-electron chi connectivity index (χ3n) is 3.45. The molecule has 2 rings (SSSR count). The number of hydrogen-bond acceptors (Lipinski definition) is 6. The third-order valence-corrected chi connectivity index (χ3v) is 4.58. The van der Waals surface area contributed by atoms with Crippen molar-refractivity contribution in [3.63, 3.8) is 0 Å². The molecule has 1 amide bonds. The van der Waals surface area contributed by atoms with Crippen LogP contribution in [0.5, 0.6) is 0 Å². The molecule has 0 unspecified atom stereocenters. The Bertz CT molecular complexity index is 481. The average molecular weight is 298 g/mol. The van der Waals surface area contributed by atoms with Gasteiger partial charge in [-0.2, -0.15) is 0 Å². The molecule has 0 bridgehead atoms. The number of nitrogens with two attached hydrogens (primary N) is 1. The summed E-state index contributed by atoms with van der Waals surface area (Å²) in [4.78, 5) is 19.1. The lowest BCUT2D eigenvalue weighted by molar-refractivity contribution is 0.0229. The second-order valence-electron chi connectivity index (χ2n) is 5.55. The number of methoxy groups -OCH3 is 1. The van der Waals surface area contributed by atoms with E-state index in [0.29, 0.717) is 17.2 Å². The molecule has 0 aromatic carbocycles. The van der Waals surface area contributed by atoms with Gasteiger partial charge in [-0.1, -0.05) is 11.3 Å². The zero-order chi connectivity index (χ0) is 14.8. The molecule has 0 spiro atoms. The molecule has 3 N–H and O–H groups in total. The fourth-order valence-corrected chi connectivity index (χ4v) is 2.93. The van der Waals surface area contributed by atoms with Crippen LogP contribution in [0.1, 0.15) is 36.4 Å². The van der Waals surface area contributed by atoms with Crippen LogP contribution in [-0.4, -0.2) is 43.2 Å². The lowest BCUT2D eigenvalue weighted by atomic mass is 10.1. The monoisotopic (exact) mass is 298 g/mol. The average Bonchev–Trinajstić information content (AvgIpc) is 3.05. The lowest BCUT2D eigenvalue weighted by Gasteiger charge is -2.22. The molecule has 1 aromatic rings. The Kier molecular flexibility index (Phi) is 4.49. The number of aromatic nitrogens is 1. The molecule has 1 saturated heterocycles. The van der Waals surface area contributed by atoms with Crippen LogP contribution < -0.4 is 16.0 Å². The maximum Gasteiger partial charge on any atom is 0.265 e. The summed E-state index contributed by atoms with van der Waals surface area (Å²) in [7, 11) is 1.62. The molecule has 1 aliphatic heterocycles. The molecule has 112 valence electrons. The maximum atomic E-state index is 12.2. The molecule has 1 aromatic heterocycles. The molecule has 0 radical (unpaired) electrons. The summed E-state index contributed by atoms with van der Waals surface area (Å²) in [5, 5.41) is 3.69. The van der Waals surface area contributed by atoms with Gasteiger partial charge in [0, 0.05) is 26.7 Å². The molecule has 1 fully saturated rings. The number of hydrogen-bond donors (Lipinski definition) is 2. The molecule has 0 atom stereocenters. The van der Waals surface area contributed by atoms with Crippen molar-refractivity contribution in [1.82, 2.24) is 10.3 Å². The van der Waals surface area contributed by atoms with Gasteiger partial charge in [0.2, 0.25) is 0 Å². The third kappa shape index (κ3) is 3.40. The van der Waals surface area contributed by atoms with Crippen LogP contribution in [0.25, 0.3) is 0 Å². The van der Waals surface area contributed by atoms with Crippen LogP contribution in [0.4, 0.5) is 10.9 Å². The second kappa shape index (κ2) is 5.97. The molecule has 6 nitrogen and oxygen atoms in total. The summed E-state index contributed by atoms with van der Waals surface area (Å²) in [5.74, 6) is 0.125. The van der Waals surface area contributed by atoms with Gasteiger partial charge in [-0.15, -0.1) is 0 Å². The predicted molar refractivity (Wildman–Crippen MR) is 81.4 cm³/mol. The van der Waals surface area contributed by atoms with E-state index < -0.39 is 5.60 Å². The summed E-state index contributed by atoms with van der Waals surface area (Å²) in [6.45, 7) is 6.24. The summed E-state index contributed by atoms with van der Waals surface area (Å²) in [5.41, 5.74) is 5.47. The number of nitrogens with one attached hydrogen (secondary N) is 1. The smallest absolute Gasteiger partial charge is 0.265 e.